The van der Waals surface area contributed by atoms with Crippen LogP contribution in [0.5, 0.6) is 5.75 Å². The predicted molar refractivity (Wildman–Crippen MR) is 95.7 cm³/mol. The summed E-state index contributed by atoms with van der Waals surface area (Å²) in [5.41, 5.74) is 0.742. The lowest BCUT2D eigenvalue weighted by molar-refractivity contribution is 0.0846. The average molecular weight is 346 g/mol. The molecular formula is C19H26N2O4. The third-order valence-electron chi connectivity index (χ3n) is 4.81. The molecule has 1 aromatic heterocycles. The number of aryl methyl sites for hydroxylation is 1. The van der Waals surface area contributed by atoms with Crippen LogP contribution in [0.25, 0.3) is 11.5 Å². The zero-order valence-corrected chi connectivity index (χ0v) is 15.3. The molecule has 2 aromatic rings. The Morgan fingerprint density at radius 2 is 1.92 bits per heavy atom. The standard InChI is InChI=1S/C19H26N2O4/c1-5-19(6-2,12-22)11-20-17(23)16-13(3)25-18(21-16)14-7-9-15(24-4)10-8-14/h7-10,22H,5-6,11-12H2,1-4H3,(H,20,23). The number of oxazole rings is 1. The number of amides is 1. The van der Waals surface area contributed by atoms with E-state index in [1.54, 1.807) is 14.0 Å². The lowest BCUT2D eigenvalue weighted by Gasteiger charge is -2.29. The maximum atomic E-state index is 12.5. The highest BCUT2D eigenvalue weighted by atomic mass is 16.5. The Labute approximate surface area is 148 Å². The van der Waals surface area contributed by atoms with Gasteiger partial charge in [0.2, 0.25) is 5.89 Å². The van der Waals surface area contributed by atoms with Crippen molar-refractivity contribution in [2.45, 2.75) is 33.6 Å². The van der Waals surface area contributed by atoms with Crippen LogP contribution in [0.3, 0.4) is 0 Å². The zero-order chi connectivity index (χ0) is 18.4. The maximum Gasteiger partial charge on any atom is 0.273 e. The Hall–Kier alpha value is -2.34. The largest absolute Gasteiger partial charge is 0.497 e. The van der Waals surface area contributed by atoms with E-state index < -0.39 is 0 Å². The van der Waals surface area contributed by atoms with Crippen LogP contribution in [-0.4, -0.2) is 36.3 Å². The molecule has 0 bridgehead atoms. The first-order valence-electron chi connectivity index (χ1n) is 8.49. The molecule has 0 fully saturated rings. The van der Waals surface area contributed by atoms with Gasteiger partial charge in [0.05, 0.1) is 13.7 Å². The fourth-order valence-electron chi connectivity index (χ4n) is 2.60. The minimum atomic E-state index is -0.299. The summed E-state index contributed by atoms with van der Waals surface area (Å²) >= 11 is 0. The van der Waals surface area contributed by atoms with E-state index in [1.165, 1.54) is 0 Å². The molecule has 2 N–H and O–H groups in total. The molecule has 6 heteroatoms. The first-order chi connectivity index (χ1) is 12.0. The van der Waals surface area contributed by atoms with Crippen molar-refractivity contribution >= 4 is 5.91 Å². The van der Waals surface area contributed by atoms with Crippen LogP contribution in [0.1, 0.15) is 42.9 Å². The molecule has 136 valence electrons. The van der Waals surface area contributed by atoms with E-state index >= 15 is 0 Å². The smallest absolute Gasteiger partial charge is 0.273 e. The van der Waals surface area contributed by atoms with Crippen LogP contribution >= 0.6 is 0 Å². The molecule has 0 spiro atoms. The lowest BCUT2D eigenvalue weighted by Crippen LogP contribution is -2.39. The van der Waals surface area contributed by atoms with Gasteiger partial charge in [0.15, 0.2) is 5.69 Å². The van der Waals surface area contributed by atoms with Crippen LogP contribution in [0.2, 0.25) is 0 Å². The molecule has 1 heterocycles. The molecule has 6 nitrogen and oxygen atoms in total. The highest BCUT2D eigenvalue weighted by Crippen LogP contribution is 2.26. The molecule has 0 unspecified atom stereocenters. The van der Waals surface area contributed by atoms with Crippen molar-refractivity contribution < 1.29 is 19.1 Å². The quantitative estimate of drug-likeness (QED) is 0.767. The predicted octanol–water partition coefficient (Wildman–Crippen LogP) is 3.19. The van der Waals surface area contributed by atoms with Gasteiger partial charge in [-0.3, -0.25) is 4.79 Å². The number of benzene rings is 1. The molecule has 25 heavy (non-hydrogen) atoms. The number of nitrogens with zero attached hydrogens (tertiary/aromatic N) is 1. The molecule has 0 radical (unpaired) electrons. The summed E-state index contributed by atoms with van der Waals surface area (Å²) in [4.78, 5) is 16.8. The first kappa shape index (κ1) is 19.0. The van der Waals surface area contributed by atoms with Gasteiger partial charge in [-0.15, -0.1) is 0 Å². The number of hydrogen-bond donors (Lipinski definition) is 2. The summed E-state index contributed by atoms with van der Waals surface area (Å²) in [6.45, 7) is 6.17. The van der Waals surface area contributed by atoms with E-state index in [2.05, 4.69) is 10.3 Å². The van der Waals surface area contributed by atoms with Crippen LogP contribution in [0.15, 0.2) is 28.7 Å². The van der Waals surface area contributed by atoms with Crippen molar-refractivity contribution in [3.63, 3.8) is 0 Å². The number of aliphatic hydroxyl groups excluding tert-OH is 1. The normalized spacial score (nSPS) is 11.4. The minimum absolute atomic E-state index is 0.0369. The van der Waals surface area contributed by atoms with Crippen LogP contribution in [0, 0.1) is 12.3 Å². The van der Waals surface area contributed by atoms with Gasteiger partial charge in [-0.05, 0) is 44.0 Å². The van der Waals surface area contributed by atoms with Crippen molar-refractivity contribution in [1.29, 1.82) is 0 Å². The summed E-state index contributed by atoms with van der Waals surface area (Å²) in [6.07, 6.45) is 1.57. The summed E-state index contributed by atoms with van der Waals surface area (Å²) < 4.78 is 10.8. The number of hydrogen-bond acceptors (Lipinski definition) is 5. The number of aromatic nitrogens is 1. The molecule has 0 atom stereocenters. The number of rotatable bonds is 8. The number of aliphatic hydroxyl groups is 1. The molecule has 0 aliphatic rings. The molecule has 0 saturated carbocycles. The van der Waals surface area contributed by atoms with E-state index in [9.17, 15) is 9.90 Å². The van der Waals surface area contributed by atoms with Crippen LogP contribution < -0.4 is 10.1 Å². The highest BCUT2D eigenvalue weighted by Gasteiger charge is 2.27. The number of nitrogens with one attached hydrogen (secondary N) is 1. The fraction of sp³-hybridized carbons (Fsp3) is 0.474. The maximum absolute atomic E-state index is 12.5. The van der Waals surface area contributed by atoms with Crippen molar-refractivity contribution in [3.8, 4) is 17.2 Å². The van der Waals surface area contributed by atoms with Gasteiger partial charge < -0.3 is 19.6 Å². The molecule has 1 amide bonds. The van der Waals surface area contributed by atoms with Gasteiger partial charge in [-0.1, -0.05) is 13.8 Å². The Balaban J connectivity index is 2.14. The summed E-state index contributed by atoms with van der Waals surface area (Å²) in [5.74, 6) is 1.31. The second-order valence-electron chi connectivity index (χ2n) is 6.20. The van der Waals surface area contributed by atoms with Gasteiger partial charge in [0.25, 0.3) is 5.91 Å². The number of ether oxygens (including phenoxy) is 1. The third-order valence-corrected chi connectivity index (χ3v) is 4.81. The van der Waals surface area contributed by atoms with E-state index in [0.717, 1.165) is 24.2 Å². The van der Waals surface area contributed by atoms with Crippen LogP contribution in [0.4, 0.5) is 0 Å². The van der Waals surface area contributed by atoms with Crippen LogP contribution in [-0.2, 0) is 0 Å². The Morgan fingerprint density at radius 3 is 2.44 bits per heavy atom. The second-order valence-corrected chi connectivity index (χ2v) is 6.20. The van der Waals surface area contributed by atoms with Crippen molar-refractivity contribution in [1.82, 2.24) is 10.3 Å². The fourth-order valence-corrected chi connectivity index (χ4v) is 2.60. The van der Waals surface area contributed by atoms with Crippen molar-refractivity contribution in [3.05, 3.63) is 35.7 Å². The van der Waals surface area contributed by atoms with Gasteiger partial charge in [0.1, 0.15) is 11.5 Å². The monoisotopic (exact) mass is 346 g/mol. The van der Waals surface area contributed by atoms with Gasteiger partial charge in [-0.25, -0.2) is 4.98 Å². The Morgan fingerprint density at radius 1 is 1.28 bits per heavy atom. The minimum Gasteiger partial charge on any atom is -0.497 e. The number of carbonyl (C=O) groups excluding carboxylic acids is 1. The zero-order valence-electron chi connectivity index (χ0n) is 15.3. The summed E-state index contributed by atoms with van der Waals surface area (Å²) in [6, 6.07) is 7.28. The summed E-state index contributed by atoms with van der Waals surface area (Å²) in [7, 11) is 1.60. The molecule has 0 saturated heterocycles. The van der Waals surface area contributed by atoms with Crippen molar-refractivity contribution in [2.24, 2.45) is 5.41 Å². The summed E-state index contributed by atoms with van der Waals surface area (Å²) in [5, 5.41) is 12.5. The van der Waals surface area contributed by atoms with E-state index in [1.807, 2.05) is 38.1 Å². The van der Waals surface area contributed by atoms with Gasteiger partial charge >= 0.3 is 0 Å². The first-order valence-corrected chi connectivity index (χ1v) is 8.49. The number of carbonyl (C=O) groups is 1. The average Bonchev–Trinajstić information content (AvgIpc) is 3.05. The van der Waals surface area contributed by atoms with Gasteiger partial charge in [-0.2, -0.15) is 0 Å². The van der Waals surface area contributed by atoms with E-state index in [0.29, 0.717) is 18.2 Å². The topological polar surface area (TPSA) is 84.6 Å². The van der Waals surface area contributed by atoms with E-state index in [-0.39, 0.29) is 23.6 Å². The third kappa shape index (κ3) is 4.20. The molecule has 2 rings (SSSR count). The van der Waals surface area contributed by atoms with Crippen molar-refractivity contribution in [2.75, 3.05) is 20.3 Å². The molecule has 0 aliphatic heterocycles. The SMILES string of the molecule is CCC(CC)(CO)CNC(=O)c1nc(-c2ccc(OC)cc2)oc1C. The number of methoxy groups -OCH3 is 1. The Bertz CT molecular complexity index is 694. The lowest BCUT2D eigenvalue weighted by atomic mass is 9.83. The molecule has 0 aliphatic carbocycles. The van der Waals surface area contributed by atoms with E-state index in [4.69, 9.17) is 9.15 Å². The Kier molecular flexibility index (Phi) is 6.20. The molecular weight excluding hydrogens is 320 g/mol. The van der Waals surface area contributed by atoms with Gasteiger partial charge in [0, 0.05) is 17.5 Å². The molecule has 1 aromatic carbocycles. The second kappa shape index (κ2) is 8.16. The highest BCUT2D eigenvalue weighted by molar-refractivity contribution is 5.93.